The lowest BCUT2D eigenvalue weighted by atomic mass is 9.70. The normalized spacial score (nSPS) is 28.3. The number of pyridine rings is 1. The first-order chi connectivity index (χ1) is 21.3. The van der Waals surface area contributed by atoms with Crippen molar-refractivity contribution in [2.24, 2.45) is 5.41 Å². The van der Waals surface area contributed by atoms with Gasteiger partial charge in [0.05, 0.1) is 17.3 Å². The summed E-state index contributed by atoms with van der Waals surface area (Å²) >= 11 is 0. The second-order valence-electron chi connectivity index (χ2n) is 12.8. The van der Waals surface area contributed by atoms with E-state index in [4.69, 9.17) is 4.98 Å². The van der Waals surface area contributed by atoms with Crippen LogP contribution in [0.3, 0.4) is 0 Å². The van der Waals surface area contributed by atoms with Crippen LogP contribution in [-0.4, -0.2) is 63.6 Å². The number of nitrogens with one attached hydrogen (secondary N) is 4. The smallest absolute Gasteiger partial charge is 0.267 e. The number of nitrogens with zero attached hydrogens (tertiary/aromatic N) is 2. The molecule has 10 nitrogen and oxygen atoms in total. The topological polar surface area (TPSA) is 136 Å². The molecule has 242 valence electrons. The van der Waals surface area contributed by atoms with Gasteiger partial charge < -0.3 is 21.1 Å². The Morgan fingerprint density at radius 2 is 1.69 bits per heavy atom. The lowest BCUT2D eigenvalue weighted by Crippen LogP contribution is -2.61. The molecule has 12 heteroatoms. The fourth-order valence-electron chi connectivity index (χ4n) is 6.17. The number of fused-ring (bicyclic) bond motifs is 4. The summed E-state index contributed by atoms with van der Waals surface area (Å²) in [6, 6.07) is 7.42. The number of amides is 3. The van der Waals surface area contributed by atoms with Gasteiger partial charge in [-0.25, -0.2) is 14.2 Å². The zero-order valence-corrected chi connectivity index (χ0v) is 26.1. The van der Waals surface area contributed by atoms with Gasteiger partial charge in [-0.3, -0.25) is 24.4 Å². The van der Waals surface area contributed by atoms with E-state index >= 15 is 0 Å². The number of hydrogen-bond donors (Lipinski definition) is 5. The van der Waals surface area contributed by atoms with Crippen LogP contribution in [0.15, 0.2) is 47.7 Å². The Hall–Kier alpha value is -3.90. The van der Waals surface area contributed by atoms with Crippen LogP contribution in [0.1, 0.15) is 83.5 Å². The Kier molecular flexibility index (Phi) is 9.27. The van der Waals surface area contributed by atoms with Gasteiger partial charge in [0.2, 0.25) is 11.8 Å². The van der Waals surface area contributed by atoms with E-state index in [1.165, 1.54) is 5.01 Å². The Morgan fingerprint density at radius 1 is 0.978 bits per heavy atom. The minimum absolute atomic E-state index is 0.00773. The maximum atomic E-state index is 14.3. The van der Waals surface area contributed by atoms with Crippen molar-refractivity contribution in [1.82, 2.24) is 31.4 Å². The number of hydrazine groups is 1. The summed E-state index contributed by atoms with van der Waals surface area (Å²) in [5.74, 6) is -4.15. The number of rotatable bonds is 0. The number of allylic oxidation sites excluding steroid dienone is 1. The summed E-state index contributed by atoms with van der Waals surface area (Å²) in [7, 11) is 0. The fourth-order valence-corrected chi connectivity index (χ4v) is 6.17. The number of halogens is 2. The minimum Gasteiger partial charge on any atom is -0.373 e. The summed E-state index contributed by atoms with van der Waals surface area (Å²) < 4.78 is 28.6. The maximum Gasteiger partial charge on any atom is 0.267 e. The van der Waals surface area contributed by atoms with Crippen LogP contribution in [0, 0.1) is 5.41 Å². The molecule has 3 amide bonds. The number of aromatic nitrogens is 1. The number of alkyl halides is 2. The van der Waals surface area contributed by atoms with Crippen LogP contribution >= 0.6 is 0 Å². The average Bonchev–Trinajstić information content (AvgIpc) is 3.01. The number of hydrogen-bond acceptors (Lipinski definition) is 7. The summed E-state index contributed by atoms with van der Waals surface area (Å²) in [5, 5.41) is 22.4. The van der Waals surface area contributed by atoms with Crippen molar-refractivity contribution in [2.45, 2.75) is 96.5 Å². The van der Waals surface area contributed by atoms with Crippen LogP contribution in [0.25, 0.3) is 17.0 Å². The zero-order chi connectivity index (χ0) is 32.5. The third kappa shape index (κ3) is 7.17. The zero-order valence-electron chi connectivity index (χ0n) is 26.1. The molecular formula is C33H42F2N6O4. The Morgan fingerprint density at radius 3 is 2.40 bits per heavy atom. The first kappa shape index (κ1) is 32.5. The molecule has 1 aromatic carbocycles. The molecule has 0 radical (unpaired) electrons. The fraction of sp³-hybridized carbons (Fsp3) is 0.515. The van der Waals surface area contributed by atoms with E-state index in [0.29, 0.717) is 36.2 Å². The van der Waals surface area contributed by atoms with E-state index in [-0.39, 0.29) is 24.4 Å². The summed E-state index contributed by atoms with van der Waals surface area (Å²) in [5.41, 5.74) is 4.62. The average molecular weight is 625 g/mol. The van der Waals surface area contributed by atoms with Crippen molar-refractivity contribution < 1.29 is 28.3 Å². The van der Waals surface area contributed by atoms with Gasteiger partial charge in [-0.1, -0.05) is 30.4 Å². The number of aliphatic hydroxyl groups is 1. The predicted octanol–water partition coefficient (Wildman–Crippen LogP) is 3.84. The van der Waals surface area contributed by atoms with Crippen LogP contribution in [0.2, 0.25) is 0 Å². The molecular weight excluding hydrogens is 582 g/mol. The molecule has 2 aromatic rings. The molecule has 5 N–H and O–H groups in total. The van der Waals surface area contributed by atoms with Gasteiger partial charge in [-0.05, 0) is 76.6 Å². The molecule has 5 rings (SSSR count). The molecule has 1 saturated carbocycles. The van der Waals surface area contributed by atoms with Gasteiger partial charge in [0.25, 0.3) is 11.8 Å². The molecule has 2 aliphatic heterocycles. The molecule has 1 unspecified atom stereocenters. The van der Waals surface area contributed by atoms with E-state index in [1.807, 2.05) is 37.3 Å². The quantitative estimate of drug-likeness (QED) is 0.281. The molecule has 1 aliphatic carbocycles. The Balaban J connectivity index is 1.55. The molecule has 5 bridgehead atoms. The van der Waals surface area contributed by atoms with Gasteiger partial charge in [0, 0.05) is 30.2 Å². The predicted molar refractivity (Wildman–Crippen MR) is 166 cm³/mol. The summed E-state index contributed by atoms with van der Waals surface area (Å²) in [4.78, 5) is 44.8. The van der Waals surface area contributed by atoms with Gasteiger partial charge in [0.1, 0.15) is 24.0 Å². The van der Waals surface area contributed by atoms with E-state index < -0.39 is 60.3 Å². The highest BCUT2D eigenvalue weighted by Gasteiger charge is 2.46. The third-order valence-electron chi connectivity index (χ3n) is 9.10. The second kappa shape index (κ2) is 12.8. The van der Waals surface area contributed by atoms with Crippen molar-refractivity contribution in [3.8, 4) is 0 Å². The number of benzene rings is 1. The van der Waals surface area contributed by atoms with Crippen LogP contribution in [0.4, 0.5) is 8.78 Å². The van der Waals surface area contributed by atoms with Gasteiger partial charge >= 0.3 is 0 Å². The van der Waals surface area contributed by atoms with Crippen molar-refractivity contribution in [1.29, 1.82) is 0 Å². The van der Waals surface area contributed by atoms with Crippen molar-refractivity contribution in [3.63, 3.8) is 0 Å². The number of carbonyl (C=O) groups is 3. The van der Waals surface area contributed by atoms with Gasteiger partial charge in [-0.2, -0.15) is 0 Å². The highest BCUT2D eigenvalue weighted by Crippen LogP contribution is 2.46. The van der Waals surface area contributed by atoms with Crippen molar-refractivity contribution in [2.75, 3.05) is 6.54 Å². The van der Waals surface area contributed by atoms with Gasteiger partial charge in [0.15, 0.2) is 0 Å². The molecule has 1 spiro atoms. The van der Waals surface area contributed by atoms with E-state index in [2.05, 4.69) is 21.4 Å². The Bertz CT molecular complexity index is 1530. The molecule has 1 saturated heterocycles. The highest BCUT2D eigenvalue weighted by molar-refractivity contribution is 5.97. The molecule has 4 atom stereocenters. The standard InChI is InChI=1S/C33H42F2N6O4/c1-19(2)27-29(43)37-21(4)30(44)41-17-5-6-25(40-41)28(42)36-20(3)24-10-9-23-8-7-22(18-26(23)38-24)11-12-32(31(45)39-27)13-15-33(34,35)16-14-32/h7-12,18,20-21,25,31,39-40,45H,5-6,13-17H2,1-4H3,(H,36,42)(H,37,43)/b12-11+/t20-,21+,25+,31?/m1/s1. The molecule has 2 fully saturated rings. The molecule has 1 aromatic heterocycles. The van der Waals surface area contributed by atoms with Crippen molar-refractivity contribution >= 4 is 34.7 Å². The lowest BCUT2D eigenvalue weighted by molar-refractivity contribution is -0.142. The van der Waals surface area contributed by atoms with E-state index in [1.54, 1.807) is 32.9 Å². The SMILES string of the molecule is CC(C)=C1NC(O)C2(/C=C/c3ccc4ccc(nc4c3)[C@@H](C)NC(=O)[C@@H]3CCCN(N3)C(=O)[C@H](C)NC1=O)CCC(F)(F)CC2. The first-order valence-electron chi connectivity index (χ1n) is 15.6. The summed E-state index contributed by atoms with van der Waals surface area (Å²) in [6.07, 6.45) is 2.46. The first-order valence-corrected chi connectivity index (χ1v) is 15.6. The van der Waals surface area contributed by atoms with Crippen LogP contribution < -0.4 is 21.4 Å². The lowest BCUT2D eigenvalue weighted by Gasteiger charge is -2.42. The Labute approximate surface area is 261 Å². The van der Waals surface area contributed by atoms with Crippen LogP contribution in [0.5, 0.6) is 0 Å². The summed E-state index contributed by atoms with van der Waals surface area (Å²) in [6.45, 7) is 7.12. The third-order valence-corrected chi connectivity index (χ3v) is 9.10. The largest absolute Gasteiger partial charge is 0.373 e. The van der Waals surface area contributed by atoms with E-state index in [9.17, 15) is 28.3 Å². The second-order valence-corrected chi connectivity index (χ2v) is 12.8. The number of aliphatic hydroxyl groups excluding tert-OH is 1. The monoisotopic (exact) mass is 624 g/mol. The maximum absolute atomic E-state index is 14.3. The minimum atomic E-state index is -2.84. The number of carbonyl (C=O) groups excluding carboxylic acids is 3. The highest BCUT2D eigenvalue weighted by atomic mass is 19.3. The molecule has 45 heavy (non-hydrogen) atoms. The van der Waals surface area contributed by atoms with Gasteiger partial charge in [-0.15, -0.1) is 0 Å². The van der Waals surface area contributed by atoms with Crippen molar-refractivity contribution in [3.05, 3.63) is 58.9 Å². The molecule has 3 aliphatic rings. The molecule has 3 heterocycles. The van der Waals surface area contributed by atoms with Crippen LogP contribution in [-0.2, 0) is 14.4 Å². The van der Waals surface area contributed by atoms with E-state index in [0.717, 1.165) is 10.9 Å².